The average Bonchev–Trinajstić information content (AvgIpc) is 3.03. The largest absolute Gasteiger partial charge is 0.496 e. The number of nitrogens with one attached hydrogen (secondary N) is 1. The van der Waals surface area contributed by atoms with Gasteiger partial charge in [0, 0.05) is 24.3 Å². The monoisotopic (exact) mass is 310 g/mol. The van der Waals surface area contributed by atoms with E-state index in [1.807, 2.05) is 48.5 Å². The molecule has 2 amide bonds. The van der Waals surface area contributed by atoms with Crippen LogP contribution in [0.1, 0.15) is 11.1 Å². The summed E-state index contributed by atoms with van der Waals surface area (Å²) in [6, 6.07) is 15.1. The lowest BCUT2D eigenvalue weighted by Gasteiger charge is -2.17. The SMILES string of the molecule is COc1ccccc1CNC(=O)C(=O)N1CCc2ccccc21. The molecule has 1 heterocycles. The Labute approximate surface area is 134 Å². The number of carbonyl (C=O) groups excluding carboxylic acids is 2. The van der Waals surface area contributed by atoms with Crippen molar-refractivity contribution >= 4 is 17.5 Å². The Balaban J connectivity index is 1.66. The Bertz CT molecular complexity index is 743. The quantitative estimate of drug-likeness (QED) is 0.881. The minimum absolute atomic E-state index is 0.254. The number of nitrogens with zero attached hydrogens (tertiary/aromatic N) is 1. The summed E-state index contributed by atoms with van der Waals surface area (Å²) in [7, 11) is 1.58. The van der Waals surface area contributed by atoms with Gasteiger partial charge in [-0.1, -0.05) is 36.4 Å². The van der Waals surface area contributed by atoms with E-state index in [-0.39, 0.29) is 6.54 Å². The molecule has 2 aromatic rings. The molecular formula is C18H18N2O3. The summed E-state index contributed by atoms with van der Waals surface area (Å²) in [5.41, 5.74) is 2.75. The number of hydrogen-bond acceptors (Lipinski definition) is 3. The first-order valence-corrected chi connectivity index (χ1v) is 7.50. The summed E-state index contributed by atoms with van der Waals surface area (Å²) >= 11 is 0. The van der Waals surface area contributed by atoms with Crippen molar-refractivity contribution in [3.63, 3.8) is 0 Å². The lowest BCUT2D eigenvalue weighted by atomic mass is 10.2. The van der Waals surface area contributed by atoms with Gasteiger partial charge >= 0.3 is 11.8 Å². The number of methoxy groups -OCH3 is 1. The van der Waals surface area contributed by atoms with Crippen LogP contribution in [0.3, 0.4) is 0 Å². The van der Waals surface area contributed by atoms with E-state index in [0.717, 1.165) is 23.2 Å². The molecule has 0 saturated heterocycles. The number of ether oxygens (including phenoxy) is 1. The van der Waals surface area contributed by atoms with Crippen molar-refractivity contribution in [1.29, 1.82) is 0 Å². The Morgan fingerprint density at radius 1 is 1.13 bits per heavy atom. The average molecular weight is 310 g/mol. The molecular weight excluding hydrogens is 292 g/mol. The van der Waals surface area contributed by atoms with Crippen molar-refractivity contribution in [2.45, 2.75) is 13.0 Å². The summed E-state index contributed by atoms with van der Waals surface area (Å²) in [5.74, 6) is -0.441. The maximum atomic E-state index is 12.4. The van der Waals surface area contributed by atoms with E-state index in [2.05, 4.69) is 5.32 Å². The van der Waals surface area contributed by atoms with Gasteiger partial charge in [-0.2, -0.15) is 0 Å². The third-order valence-electron chi connectivity index (χ3n) is 3.96. The van der Waals surface area contributed by atoms with Crippen molar-refractivity contribution in [3.05, 3.63) is 59.7 Å². The van der Waals surface area contributed by atoms with Crippen LogP contribution in [0.5, 0.6) is 5.75 Å². The van der Waals surface area contributed by atoms with Crippen molar-refractivity contribution in [1.82, 2.24) is 5.32 Å². The van der Waals surface area contributed by atoms with Gasteiger partial charge < -0.3 is 15.0 Å². The fraction of sp³-hybridized carbons (Fsp3) is 0.222. The number of hydrogen-bond donors (Lipinski definition) is 1. The van der Waals surface area contributed by atoms with E-state index in [0.29, 0.717) is 12.3 Å². The topological polar surface area (TPSA) is 58.6 Å². The molecule has 0 aromatic heterocycles. The van der Waals surface area contributed by atoms with Gasteiger partial charge in [-0.05, 0) is 24.1 Å². The van der Waals surface area contributed by atoms with Gasteiger partial charge in [0.25, 0.3) is 0 Å². The summed E-state index contributed by atoms with van der Waals surface area (Å²) in [5, 5.41) is 2.67. The highest BCUT2D eigenvalue weighted by atomic mass is 16.5. The molecule has 0 aliphatic carbocycles. The van der Waals surface area contributed by atoms with Crippen molar-refractivity contribution in [2.24, 2.45) is 0 Å². The summed E-state index contributed by atoms with van der Waals surface area (Å²) in [4.78, 5) is 26.1. The van der Waals surface area contributed by atoms with Crippen LogP contribution in [0.2, 0.25) is 0 Å². The molecule has 0 unspecified atom stereocenters. The van der Waals surface area contributed by atoms with Crippen LogP contribution < -0.4 is 15.0 Å². The molecule has 5 nitrogen and oxygen atoms in total. The molecule has 1 aliphatic heterocycles. The number of rotatable bonds is 3. The highest BCUT2D eigenvalue weighted by Crippen LogP contribution is 2.27. The molecule has 5 heteroatoms. The van der Waals surface area contributed by atoms with Crippen LogP contribution in [0.4, 0.5) is 5.69 Å². The Hall–Kier alpha value is -2.82. The summed E-state index contributed by atoms with van der Waals surface area (Å²) in [6.07, 6.45) is 0.779. The van der Waals surface area contributed by atoms with Crippen LogP contribution in [-0.4, -0.2) is 25.5 Å². The second-order valence-electron chi connectivity index (χ2n) is 5.33. The minimum atomic E-state index is -0.604. The summed E-state index contributed by atoms with van der Waals surface area (Å²) < 4.78 is 5.24. The molecule has 23 heavy (non-hydrogen) atoms. The van der Waals surface area contributed by atoms with E-state index < -0.39 is 11.8 Å². The van der Waals surface area contributed by atoms with Gasteiger partial charge in [-0.3, -0.25) is 9.59 Å². The first-order chi connectivity index (χ1) is 11.2. The number of fused-ring (bicyclic) bond motifs is 1. The molecule has 0 fully saturated rings. The zero-order chi connectivity index (χ0) is 16.2. The molecule has 1 aliphatic rings. The van der Waals surface area contributed by atoms with Crippen LogP contribution in [-0.2, 0) is 22.6 Å². The van der Waals surface area contributed by atoms with Crippen molar-refractivity contribution in [3.8, 4) is 5.75 Å². The van der Waals surface area contributed by atoms with E-state index >= 15 is 0 Å². The van der Waals surface area contributed by atoms with E-state index in [1.165, 1.54) is 4.90 Å². The van der Waals surface area contributed by atoms with E-state index in [1.54, 1.807) is 7.11 Å². The molecule has 0 saturated carbocycles. The molecule has 0 bridgehead atoms. The number of amides is 2. The van der Waals surface area contributed by atoms with Crippen molar-refractivity contribution < 1.29 is 14.3 Å². The van der Waals surface area contributed by atoms with E-state index in [9.17, 15) is 9.59 Å². The third kappa shape index (κ3) is 3.04. The smallest absolute Gasteiger partial charge is 0.316 e. The minimum Gasteiger partial charge on any atom is -0.496 e. The Morgan fingerprint density at radius 2 is 1.87 bits per heavy atom. The second kappa shape index (κ2) is 6.52. The molecule has 1 N–H and O–H groups in total. The van der Waals surface area contributed by atoms with Gasteiger partial charge in [-0.15, -0.1) is 0 Å². The zero-order valence-electron chi connectivity index (χ0n) is 12.9. The number of anilines is 1. The molecule has 0 spiro atoms. The fourth-order valence-corrected chi connectivity index (χ4v) is 2.77. The summed E-state index contributed by atoms with van der Waals surface area (Å²) in [6.45, 7) is 0.796. The van der Waals surface area contributed by atoms with Crippen LogP contribution in [0.15, 0.2) is 48.5 Å². The van der Waals surface area contributed by atoms with Crippen LogP contribution in [0, 0.1) is 0 Å². The zero-order valence-corrected chi connectivity index (χ0v) is 12.9. The molecule has 0 radical (unpaired) electrons. The van der Waals surface area contributed by atoms with Gasteiger partial charge in [0.15, 0.2) is 0 Å². The fourth-order valence-electron chi connectivity index (χ4n) is 2.77. The predicted octanol–water partition coefficient (Wildman–Crippen LogP) is 1.90. The molecule has 2 aromatic carbocycles. The maximum Gasteiger partial charge on any atom is 0.316 e. The second-order valence-corrected chi connectivity index (χ2v) is 5.33. The number of benzene rings is 2. The number of para-hydroxylation sites is 2. The predicted molar refractivity (Wildman–Crippen MR) is 87.3 cm³/mol. The van der Waals surface area contributed by atoms with Gasteiger partial charge in [0.2, 0.25) is 0 Å². The van der Waals surface area contributed by atoms with Gasteiger partial charge in [0.05, 0.1) is 7.11 Å². The highest BCUT2D eigenvalue weighted by molar-refractivity contribution is 6.40. The van der Waals surface area contributed by atoms with Gasteiger partial charge in [0.1, 0.15) is 5.75 Å². The van der Waals surface area contributed by atoms with Crippen molar-refractivity contribution in [2.75, 3.05) is 18.6 Å². The third-order valence-corrected chi connectivity index (χ3v) is 3.96. The number of carbonyl (C=O) groups is 2. The van der Waals surface area contributed by atoms with Crippen LogP contribution in [0.25, 0.3) is 0 Å². The Kier molecular flexibility index (Phi) is 4.28. The van der Waals surface area contributed by atoms with E-state index in [4.69, 9.17) is 4.74 Å². The first-order valence-electron chi connectivity index (χ1n) is 7.50. The lowest BCUT2D eigenvalue weighted by molar-refractivity contribution is -0.137. The van der Waals surface area contributed by atoms with Crippen LogP contribution >= 0.6 is 0 Å². The lowest BCUT2D eigenvalue weighted by Crippen LogP contribution is -2.42. The molecule has 3 rings (SSSR count). The Morgan fingerprint density at radius 3 is 2.70 bits per heavy atom. The standard InChI is InChI=1S/C18H18N2O3/c1-23-16-9-5-3-7-14(16)12-19-17(21)18(22)20-11-10-13-6-2-4-8-15(13)20/h2-9H,10-12H2,1H3,(H,19,21). The van der Waals surface area contributed by atoms with Gasteiger partial charge in [-0.25, -0.2) is 0 Å². The normalized spacial score (nSPS) is 12.7. The first kappa shape index (κ1) is 15.1. The molecule has 118 valence electrons. The molecule has 0 atom stereocenters. The highest BCUT2D eigenvalue weighted by Gasteiger charge is 2.28. The maximum absolute atomic E-state index is 12.4.